The number of H-pyrrole nitrogens is 1. The van der Waals surface area contributed by atoms with Gasteiger partial charge in [0.25, 0.3) is 0 Å². The van der Waals surface area contributed by atoms with E-state index >= 15 is 0 Å². The number of carbonyl (C=O) groups is 4. The fourth-order valence-corrected chi connectivity index (χ4v) is 4.08. The third-order valence-electron chi connectivity index (χ3n) is 6.33. The number of amides is 3. The van der Waals surface area contributed by atoms with Crippen LogP contribution in [0, 0.1) is 5.92 Å². The summed E-state index contributed by atoms with van der Waals surface area (Å²) in [4.78, 5) is 57.6. The number of nitrogens with zero attached hydrogens (tertiary/aromatic N) is 1. The fourth-order valence-electron chi connectivity index (χ4n) is 4.08. The van der Waals surface area contributed by atoms with Crippen molar-refractivity contribution < 1.29 is 29.4 Å². The first-order valence-electron chi connectivity index (χ1n) is 13.0. The predicted molar refractivity (Wildman–Crippen MR) is 150 cm³/mol. The molecule has 0 spiro atoms. The number of guanidine groups is 1. The van der Waals surface area contributed by atoms with Gasteiger partial charge >= 0.3 is 5.97 Å². The second-order valence-corrected chi connectivity index (χ2v) is 9.98. The number of aliphatic hydroxyl groups is 1. The Morgan fingerprint density at radius 3 is 2.20 bits per heavy atom. The number of hydrogen-bond acceptors (Lipinski definition) is 7. The number of carboxylic acid groups (broad SMARTS) is 1. The van der Waals surface area contributed by atoms with Crippen molar-refractivity contribution in [2.24, 2.45) is 28.1 Å². The van der Waals surface area contributed by atoms with E-state index in [1.807, 2.05) is 24.3 Å². The lowest BCUT2D eigenvalue weighted by Crippen LogP contribution is -2.61. The topological polar surface area (TPSA) is 251 Å². The molecule has 1 aromatic carbocycles. The van der Waals surface area contributed by atoms with Crippen LogP contribution in [-0.2, 0) is 25.6 Å². The smallest absolute Gasteiger partial charge is 0.326 e. The monoisotopic (exact) mass is 560 g/mol. The Morgan fingerprint density at radius 1 is 0.975 bits per heavy atom. The van der Waals surface area contributed by atoms with Gasteiger partial charge in [-0.2, -0.15) is 0 Å². The molecule has 0 saturated heterocycles. The quantitative estimate of drug-likeness (QED) is 0.0709. The van der Waals surface area contributed by atoms with E-state index in [4.69, 9.17) is 17.2 Å². The van der Waals surface area contributed by atoms with Crippen molar-refractivity contribution in [1.82, 2.24) is 20.9 Å². The van der Waals surface area contributed by atoms with E-state index in [0.29, 0.717) is 18.5 Å². The molecule has 0 bridgehead atoms. The molecule has 40 heavy (non-hydrogen) atoms. The fraction of sp³-hybridized carbons (Fsp3) is 0.500. The molecular formula is C26H40N8O6. The van der Waals surface area contributed by atoms with E-state index < -0.39 is 59.9 Å². The number of hydrogen-bond donors (Lipinski definition) is 9. The number of nitrogens with two attached hydrogens (primary N) is 3. The van der Waals surface area contributed by atoms with Crippen LogP contribution in [0.5, 0.6) is 0 Å². The number of aliphatic imine (C=N–C) groups is 1. The van der Waals surface area contributed by atoms with E-state index in [2.05, 4.69) is 25.9 Å². The maximum atomic E-state index is 13.1. The van der Waals surface area contributed by atoms with Crippen LogP contribution < -0.4 is 33.2 Å². The summed E-state index contributed by atoms with van der Waals surface area (Å²) in [6, 6.07) is 2.51. The van der Waals surface area contributed by atoms with E-state index in [0.717, 1.165) is 10.9 Å². The van der Waals surface area contributed by atoms with Gasteiger partial charge in [-0.1, -0.05) is 32.0 Å². The highest BCUT2D eigenvalue weighted by molar-refractivity contribution is 5.94. The van der Waals surface area contributed by atoms with E-state index in [9.17, 15) is 29.4 Å². The number of carbonyl (C=O) groups excluding carboxylic acids is 3. The van der Waals surface area contributed by atoms with Crippen LogP contribution in [0.3, 0.4) is 0 Å². The van der Waals surface area contributed by atoms with Gasteiger partial charge in [-0.3, -0.25) is 19.4 Å². The molecule has 2 rings (SSSR count). The first-order valence-corrected chi connectivity index (χ1v) is 13.0. The number of carboxylic acids is 1. The molecule has 5 unspecified atom stereocenters. The van der Waals surface area contributed by atoms with E-state index in [-0.39, 0.29) is 18.8 Å². The molecule has 14 heteroatoms. The summed E-state index contributed by atoms with van der Waals surface area (Å²) in [5.41, 5.74) is 18.0. The number of aromatic nitrogens is 1. The molecule has 1 heterocycles. The Bertz CT molecular complexity index is 1210. The average molecular weight is 561 g/mol. The third-order valence-corrected chi connectivity index (χ3v) is 6.33. The summed E-state index contributed by atoms with van der Waals surface area (Å²) in [5.74, 6) is -3.96. The predicted octanol–water partition coefficient (Wildman–Crippen LogP) is -1.33. The summed E-state index contributed by atoms with van der Waals surface area (Å²) < 4.78 is 0. The molecule has 220 valence electrons. The van der Waals surface area contributed by atoms with Gasteiger partial charge in [-0.15, -0.1) is 0 Å². The average Bonchev–Trinajstić information content (AvgIpc) is 3.29. The minimum absolute atomic E-state index is 0.0304. The summed E-state index contributed by atoms with van der Waals surface area (Å²) >= 11 is 0. The zero-order chi connectivity index (χ0) is 30.0. The van der Waals surface area contributed by atoms with Crippen molar-refractivity contribution in [2.45, 2.75) is 70.3 Å². The second kappa shape index (κ2) is 14.8. The van der Waals surface area contributed by atoms with Gasteiger partial charge in [0.2, 0.25) is 17.7 Å². The van der Waals surface area contributed by atoms with Crippen molar-refractivity contribution >= 4 is 40.6 Å². The third kappa shape index (κ3) is 9.24. The van der Waals surface area contributed by atoms with Crippen molar-refractivity contribution in [3.8, 4) is 0 Å². The molecule has 14 nitrogen and oxygen atoms in total. The molecule has 0 saturated carbocycles. The lowest BCUT2D eigenvalue weighted by Gasteiger charge is -2.28. The SMILES string of the molecule is CC(C)C(NC(=O)C(N)CCCN=C(N)N)C(=O)NC(C(=O)NC(Cc1c[nH]c2ccccc12)C(=O)O)C(C)O. The number of aliphatic hydroxyl groups excluding tert-OH is 1. The van der Waals surface area contributed by atoms with Crippen LogP contribution >= 0.6 is 0 Å². The first-order chi connectivity index (χ1) is 18.8. The molecule has 5 atom stereocenters. The van der Waals surface area contributed by atoms with Gasteiger partial charge in [-0.05, 0) is 37.3 Å². The molecule has 0 aliphatic rings. The van der Waals surface area contributed by atoms with Crippen LogP contribution in [0.4, 0.5) is 0 Å². The zero-order valence-electron chi connectivity index (χ0n) is 22.9. The standard InChI is InChI=1S/C26H40N8O6/c1-13(2)20(33-22(36)17(27)8-6-10-30-26(28)29)23(37)34-21(14(3)35)24(38)32-19(25(39)40)11-15-12-31-18-9-5-4-7-16(15)18/h4-5,7,9,12-14,17,19-21,31,35H,6,8,10-11,27H2,1-3H3,(H,32,38)(H,33,36)(H,34,37)(H,39,40)(H4,28,29,30). The Morgan fingerprint density at radius 2 is 1.60 bits per heavy atom. The molecule has 0 fully saturated rings. The molecule has 1 aromatic heterocycles. The lowest BCUT2D eigenvalue weighted by atomic mass is 10.0. The minimum atomic E-state index is -1.48. The highest BCUT2D eigenvalue weighted by Crippen LogP contribution is 2.19. The van der Waals surface area contributed by atoms with Crippen LogP contribution in [-0.4, -0.2) is 81.7 Å². The van der Waals surface area contributed by atoms with Gasteiger partial charge in [-0.25, -0.2) is 4.79 Å². The van der Waals surface area contributed by atoms with Gasteiger partial charge < -0.3 is 48.3 Å². The molecule has 0 radical (unpaired) electrons. The van der Waals surface area contributed by atoms with Gasteiger partial charge in [0.1, 0.15) is 18.1 Å². The van der Waals surface area contributed by atoms with Crippen LogP contribution in [0.2, 0.25) is 0 Å². The van der Waals surface area contributed by atoms with Crippen molar-refractivity contribution in [1.29, 1.82) is 0 Å². The van der Waals surface area contributed by atoms with Crippen LogP contribution in [0.1, 0.15) is 39.2 Å². The Hall–Kier alpha value is -4.17. The largest absolute Gasteiger partial charge is 0.480 e. The number of aromatic amines is 1. The Kier molecular flexibility index (Phi) is 11.9. The van der Waals surface area contributed by atoms with Crippen molar-refractivity contribution in [3.63, 3.8) is 0 Å². The number of rotatable bonds is 15. The van der Waals surface area contributed by atoms with Gasteiger partial charge in [0, 0.05) is 30.1 Å². The molecular weight excluding hydrogens is 520 g/mol. The number of nitrogens with one attached hydrogen (secondary N) is 4. The molecule has 12 N–H and O–H groups in total. The summed E-state index contributed by atoms with van der Waals surface area (Å²) in [7, 11) is 0. The lowest BCUT2D eigenvalue weighted by molar-refractivity contribution is -0.143. The highest BCUT2D eigenvalue weighted by Gasteiger charge is 2.34. The number of fused-ring (bicyclic) bond motifs is 1. The van der Waals surface area contributed by atoms with Crippen molar-refractivity contribution in [3.05, 3.63) is 36.0 Å². The maximum absolute atomic E-state index is 13.1. The summed E-state index contributed by atoms with van der Waals surface area (Å²) in [6.45, 7) is 4.96. The first kappa shape index (κ1) is 32.0. The minimum Gasteiger partial charge on any atom is -0.480 e. The van der Waals surface area contributed by atoms with Crippen LogP contribution in [0.25, 0.3) is 10.9 Å². The summed E-state index contributed by atoms with van der Waals surface area (Å²) in [5, 5.41) is 28.3. The highest BCUT2D eigenvalue weighted by atomic mass is 16.4. The summed E-state index contributed by atoms with van der Waals surface area (Å²) in [6.07, 6.45) is 0.978. The molecule has 3 amide bonds. The van der Waals surface area contributed by atoms with E-state index in [1.54, 1.807) is 20.0 Å². The van der Waals surface area contributed by atoms with E-state index in [1.165, 1.54) is 6.92 Å². The number of aliphatic carboxylic acids is 1. The van der Waals surface area contributed by atoms with Crippen LogP contribution in [0.15, 0.2) is 35.5 Å². The zero-order valence-corrected chi connectivity index (χ0v) is 22.9. The second-order valence-electron chi connectivity index (χ2n) is 9.98. The number of para-hydroxylation sites is 1. The molecule has 0 aliphatic heterocycles. The van der Waals surface area contributed by atoms with Crippen molar-refractivity contribution in [2.75, 3.05) is 6.54 Å². The maximum Gasteiger partial charge on any atom is 0.326 e. The normalized spacial score (nSPS) is 14.9. The Labute approximate surface area is 232 Å². The molecule has 2 aromatic rings. The molecule has 0 aliphatic carbocycles. The Balaban J connectivity index is 2.07. The van der Waals surface area contributed by atoms with Gasteiger partial charge in [0.05, 0.1) is 12.1 Å². The number of benzene rings is 1. The van der Waals surface area contributed by atoms with Gasteiger partial charge in [0.15, 0.2) is 5.96 Å².